The number of thiophene rings is 1. The van der Waals surface area contributed by atoms with Gasteiger partial charge in [0.05, 0.1) is 12.7 Å². The Morgan fingerprint density at radius 3 is 2.76 bits per heavy atom. The van der Waals surface area contributed by atoms with Gasteiger partial charge < -0.3 is 4.74 Å². The van der Waals surface area contributed by atoms with Gasteiger partial charge in [0.15, 0.2) is 0 Å². The second-order valence-corrected chi connectivity index (χ2v) is 8.69. The molecule has 0 unspecified atom stereocenters. The van der Waals surface area contributed by atoms with Crippen molar-refractivity contribution in [1.29, 1.82) is 5.26 Å². The van der Waals surface area contributed by atoms with Gasteiger partial charge in [-0.1, -0.05) is 32.9 Å². The molecule has 0 N–H and O–H groups in total. The van der Waals surface area contributed by atoms with Crippen LogP contribution in [0, 0.1) is 22.7 Å². The molecule has 1 atom stereocenters. The standard InChI is InChI=1S/C21H24N2OS/c1-21(2,3)15-9-10-16-17(12-22)20(25-19(16)11-15)23-13-14-7-5-6-8-18(14)24-4/h5-8,13,15H,9-11H2,1-4H3/t15-/m1/s1. The molecule has 0 saturated heterocycles. The molecule has 0 aliphatic heterocycles. The number of methoxy groups -OCH3 is 1. The highest BCUT2D eigenvalue weighted by Crippen LogP contribution is 2.44. The van der Waals surface area contributed by atoms with Crippen molar-refractivity contribution in [2.45, 2.75) is 40.0 Å². The van der Waals surface area contributed by atoms with Crippen LogP contribution in [-0.2, 0) is 12.8 Å². The molecule has 0 fully saturated rings. The number of nitrogens with zero attached hydrogens (tertiary/aromatic N) is 2. The fourth-order valence-electron chi connectivity index (χ4n) is 3.42. The summed E-state index contributed by atoms with van der Waals surface area (Å²) in [6.45, 7) is 6.92. The van der Waals surface area contributed by atoms with Crippen LogP contribution in [0.15, 0.2) is 29.3 Å². The fraction of sp³-hybridized carbons (Fsp3) is 0.429. The quantitative estimate of drug-likeness (QED) is 0.682. The second kappa shape index (κ2) is 7.01. The molecule has 0 amide bonds. The normalized spacial score (nSPS) is 17.3. The second-order valence-electron chi connectivity index (χ2n) is 7.60. The van der Waals surface area contributed by atoms with Crippen molar-refractivity contribution in [3.05, 3.63) is 45.8 Å². The average molecular weight is 353 g/mol. The summed E-state index contributed by atoms with van der Waals surface area (Å²) in [5.41, 5.74) is 3.21. The van der Waals surface area contributed by atoms with Crippen molar-refractivity contribution in [1.82, 2.24) is 0 Å². The minimum atomic E-state index is 0.301. The highest BCUT2D eigenvalue weighted by atomic mass is 32.1. The van der Waals surface area contributed by atoms with Crippen LogP contribution in [0.1, 0.15) is 48.8 Å². The Hall–Kier alpha value is -2.12. The van der Waals surface area contributed by atoms with E-state index in [9.17, 15) is 5.26 Å². The Morgan fingerprint density at radius 2 is 2.08 bits per heavy atom. The van der Waals surface area contributed by atoms with Gasteiger partial charge in [0.1, 0.15) is 16.8 Å². The molecule has 1 aromatic carbocycles. The summed E-state index contributed by atoms with van der Waals surface area (Å²) in [4.78, 5) is 5.98. The molecule has 0 bridgehead atoms. The van der Waals surface area contributed by atoms with Crippen LogP contribution in [0.5, 0.6) is 5.75 Å². The van der Waals surface area contributed by atoms with Crippen LogP contribution in [0.25, 0.3) is 0 Å². The smallest absolute Gasteiger partial charge is 0.134 e. The van der Waals surface area contributed by atoms with E-state index in [-0.39, 0.29) is 0 Å². The summed E-state index contributed by atoms with van der Waals surface area (Å²) in [5, 5.41) is 10.5. The van der Waals surface area contributed by atoms with Crippen molar-refractivity contribution in [3.8, 4) is 11.8 Å². The summed E-state index contributed by atoms with van der Waals surface area (Å²) in [6, 6.07) is 10.2. The molecule has 0 spiro atoms. The van der Waals surface area contributed by atoms with Gasteiger partial charge in [-0.2, -0.15) is 5.26 Å². The first-order chi connectivity index (χ1) is 11.9. The lowest BCUT2D eigenvalue weighted by Gasteiger charge is -2.33. The third-order valence-electron chi connectivity index (χ3n) is 5.04. The Kier molecular flexibility index (Phi) is 4.96. The zero-order valence-corrected chi connectivity index (χ0v) is 16.1. The molecule has 1 heterocycles. The third kappa shape index (κ3) is 3.62. The highest BCUT2D eigenvalue weighted by molar-refractivity contribution is 7.16. The lowest BCUT2D eigenvalue weighted by Crippen LogP contribution is -2.26. The number of nitriles is 1. The van der Waals surface area contributed by atoms with E-state index in [2.05, 4.69) is 31.8 Å². The average Bonchev–Trinajstić information content (AvgIpc) is 2.96. The molecule has 1 aliphatic carbocycles. The van der Waals surface area contributed by atoms with E-state index in [0.29, 0.717) is 11.3 Å². The predicted molar refractivity (Wildman–Crippen MR) is 104 cm³/mol. The first-order valence-electron chi connectivity index (χ1n) is 8.65. The first-order valence-corrected chi connectivity index (χ1v) is 9.47. The molecule has 3 rings (SSSR count). The van der Waals surface area contributed by atoms with Gasteiger partial charge in [0.2, 0.25) is 0 Å². The minimum absolute atomic E-state index is 0.301. The lowest BCUT2D eigenvalue weighted by molar-refractivity contribution is 0.218. The Bertz CT molecular complexity index is 837. The number of hydrogen-bond acceptors (Lipinski definition) is 4. The molecule has 1 aromatic heterocycles. The Labute approximate surface area is 154 Å². The Balaban J connectivity index is 1.93. The molecular formula is C21H24N2OS. The van der Waals surface area contributed by atoms with Crippen LogP contribution in [0.3, 0.4) is 0 Å². The van der Waals surface area contributed by atoms with Crippen LogP contribution in [-0.4, -0.2) is 13.3 Å². The summed E-state index contributed by atoms with van der Waals surface area (Å²) in [5.74, 6) is 1.45. The molecule has 0 radical (unpaired) electrons. The highest BCUT2D eigenvalue weighted by Gasteiger charge is 2.32. The Morgan fingerprint density at radius 1 is 1.32 bits per heavy atom. The molecule has 25 heavy (non-hydrogen) atoms. The molecule has 3 nitrogen and oxygen atoms in total. The monoisotopic (exact) mass is 352 g/mol. The molecule has 130 valence electrons. The van der Waals surface area contributed by atoms with E-state index in [1.165, 1.54) is 10.4 Å². The first kappa shape index (κ1) is 17.7. The molecule has 0 saturated carbocycles. The maximum Gasteiger partial charge on any atom is 0.134 e. The summed E-state index contributed by atoms with van der Waals surface area (Å²) < 4.78 is 5.37. The number of benzene rings is 1. The number of para-hydroxylation sites is 1. The number of fused-ring (bicyclic) bond motifs is 1. The lowest BCUT2D eigenvalue weighted by atomic mass is 9.72. The largest absolute Gasteiger partial charge is 0.496 e. The van der Waals surface area contributed by atoms with Gasteiger partial charge in [-0.25, -0.2) is 4.99 Å². The molecule has 4 heteroatoms. The zero-order chi connectivity index (χ0) is 18.0. The van der Waals surface area contributed by atoms with Crippen molar-refractivity contribution >= 4 is 22.6 Å². The zero-order valence-electron chi connectivity index (χ0n) is 15.3. The number of ether oxygens (including phenoxy) is 1. The predicted octanol–water partition coefficient (Wildman–Crippen LogP) is 5.53. The van der Waals surface area contributed by atoms with Crippen molar-refractivity contribution in [2.24, 2.45) is 16.3 Å². The van der Waals surface area contributed by atoms with Crippen LogP contribution in [0.4, 0.5) is 5.00 Å². The molecular weight excluding hydrogens is 328 g/mol. The number of hydrogen-bond donors (Lipinski definition) is 0. The van der Waals surface area contributed by atoms with E-state index in [4.69, 9.17) is 4.74 Å². The van der Waals surface area contributed by atoms with Gasteiger partial charge in [-0.05, 0) is 48.3 Å². The van der Waals surface area contributed by atoms with Gasteiger partial charge in [0.25, 0.3) is 0 Å². The van der Waals surface area contributed by atoms with E-state index in [0.717, 1.165) is 41.1 Å². The molecule has 2 aromatic rings. The van der Waals surface area contributed by atoms with E-state index < -0.39 is 0 Å². The van der Waals surface area contributed by atoms with Crippen molar-refractivity contribution < 1.29 is 4.74 Å². The van der Waals surface area contributed by atoms with Crippen molar-refractivity contribution in [2.75, 3.05) is 7.11 Å². The SMILES string of the molecule is COc1ccccc1C=Nc1sc2c(c1C#N)CC[C@@H](C(C)(C)C)C2. The van der Waals surface area contributed by atoms with Gasteiger partial charge in [0, 0.05) is 16.7 Å². The van der Waals surface area contributed by atoms with E-state index in [1.54, 1.807) is 24.7 Å². The summed E-state index contributed by atoms with van der Waals surface area (Å²) in [7, 11) is 1.66. The summed E-state index contributed by atoms with van der Waals surface area (Å²) >= 11 is 1.68. The topological polar surface area (TPSA) is 45.4 Å². The number of rotatable bonds is 3. The minimum Gasteiger partial charge on any atom is -0.496 e. The van der Waals surface area contributed by atoms with Crippen LogP contribution < -0.4 is 4.74 Å². The van der Waals surface area contributed by atoms with Crippen LogP contribution in [0.2, 0.25) is 0 Å². The van der Waals surface area contributed by atoms with E-state index >= 15 is 0 Å². The van der Waals surface area contributed by atoms with Crippen molar-refractivity contribution in [3.63, 3.8) is 0 Å². The van der Waals surface area contributed by atoms with Gasteiger partial charge in [-0.15, -0.1) is 11.3 Å². The van der Waals surface area contributed by atoms with Crippen LogP contribution >= 0.6 is 11.3 Å². The van der Waals surface area contributed by atoms with Gasteiger partial charge >= 0.3 is 0 Å². The third-order valence-corrected chi connectivity index (χ3v) is 6.21. The van der Waals surface area contributed by atoms with Gasteiger partial charge in [-0.3, -0.25) is 0 Å². The maximum atomic E-state index is 9.65. The van der Waals surface area contributed by atoms with E-state index in [1.807, 2.05) is 24.3 Å². The maximum absolute atomic E-state index is 9.65. The molecule has 1 aliphatic rings. The summed E-state index contributed by atoms with van der Waals surface area (Å²) in [6.07, 6.45) is 5.00. The fourth-order valence-corrected chi connectivity index (χ4v) is 4.64. The number of aliphatic imine (C=N–C) groups is 1.